The van der Waals surface area contributed by atoms with Crippen LogP contribution in [-0.2, 0) is 19.1 Å². The van der Waals surface area contributed by atoms with Crippen LogP contribution in [0.5, 0.6) is 0 Å². The normalized spacial score (nSPS) is 24.5. The van der Waals surface area contributed by atoms with Crippen LogP contribution in [0.25, 0.3) is 0 Å². The molecule has 0 aromatic carbocycles. The molecule has 0 aromatic heterocycles. The number of carboxylic acids is 2. The van der Waals surface area contributed by atoms with Gasteiger partial charge in [0.1, 0.15) is 18.2 Å². The third-order valence-electron chi connectivity index (χ3n) is 2.64. The molecule has 1 aliphatic rings. The minimum atomic E-state index is -1.04. The molecule has 5 N–H and O–H groups in total. The molecule has 0 aromatic rings. The highest BCUT2D eigenvalue weighted by molar-refractivity contribution is 5.77. The molecule has 1 fully saturated rings. The van der Waals surface area contributed by atoms with Crippen LogP contribution in [0.4, 0.5) is 0 Å². The summed E-state index contributed by atoms with van der Waals surface area (Å²) in [6.45, 7) is 0.258. The van der Waals surface area contributed by atoms with E-state index in [0.29, 0.717) is 0 Å². The van der Waals surface area contributed by atoms with E-state index in [4.69, 9.17) is 20.7 Å². The first-order valence-electron chi connectivity index (χ1n) is 5.54. The van der Waals surface area contributed by atoms with Gasteiger partial charge < -0.3 is 26.0 Å². The fourth-order valence-corrected chi connectivity index (χ4v) is 1.63. The maximum Gasteiger partial charge on any atom is 0.323 e. The van der Waals surface area contributed by atoms with Gasteiger partial charge in [-0.2, -0.15) is 0 Å². The summed E-state index contributed by atoms with van der Waals surface area (Å²) in [6.07, 6.45) is -0.560. The third-order valence-corrected chi connectivity index (χ3v) is 2.64. The molecule has 8 nitrogen and oxygen atoms in total. The van der Waals surface area contributed by atoms with Gasteiger partial charge in [0.15, 0.2) is 0 Å². The Bertz CT molecular complexity index is 345. The average molecular weight is 260 g/mol. The average Bonchev–Trinajstić information content (AvgIpc) is 2.74. The topological polar surface area (TPSA) is 139 Å². The number of carbonyl (C=O) groups is 3. The minimum Gasteiger partial charge on any atom is -0.481 e. The van der Waals surface area contributed by atoms with E-state index in [9.17, 15) is 14.4 Å². The zero-order chi connectivity index (χ0) is 13.7. The monoisotopic (exact) mass is 260 g/mol. The van der Waals surface area contributed by atoms with Crippen molar-refractivity contribution in [3.05, 3.63) is 0 Å². The zero-order valence-corrected chi connectivity index (χ0v) is 9.67. The van der Waals surface area contributed by atoms with Crippen LogP contribution in [0.2, 0.25) is 0 Å². The van der Waals surface area contributed by atoms with Crippen molar-refractivity contribution in [1.82, 2.24) is 5.32 Å². The number of ether oxygens (including phenoxy) is 1. The molecular weight excluding hydrogens is 244 g/mol. The summed E-state index contributed by atoms with van der Waals surface area (Å²) in [5.41, 5.74) is 5.46. The SMILES string of the molecule is NC(CCC(=O)O)C(=O)O[C@H]1CN[C@H](C(=O)O)C1. The van der Waals surface area contributed by atoms with Gasteiger partial charge in [0.05, 0.1) is 0 Å². The van der Waals surface area contributed by atoms with Gasteiger partial charge in [-0.25, -0.2) is 0 Å². The van der Waals surface area contributed by atoms with Crippen LogP contribution in [0.15, 0.2) is 0 Å². The number of hydrogen-bond acceptors (Lipinski definition) is 6. The van der Waals surface area contributed by atoms with Crippen molar-refractivity contribution in [1.29, 1.82) is 0 Å². The quantitative estimate of drug-likeness (QED) is 0.425. The predicted molar refractivity (Wildman–Crippen MR) is 58.8 cm³/mol. The molecule has 3 atom stereocenters. The van der Waals surface area contributed by atoms with Crippen molar-refractivity contribution in [2.75, 3.05) is 6.54 Å². The summed E-state index contributed by atoms with van der Waals surface area (Å²) < 4.78 is 5.00. The van der Waals surface area contributed by atoms with Crippen molar-refractivity contribution in [3.8, 4) is 0 Å². The maximum atomic E-state index is 11.5. The minimum absolute atomic E-state index is 0.00330. The van der Waals surface area contributed by atoms with E-state index in [1.807, 2.05) is 0 Å². The van der Waals surface area contributed by atoms with Crippen molar-refractivity contribution < 1.29 is 29.3 Å². The lowest BCUT2D eigenvalue weighted by Gasteiger charge is -2.14. The molecule has 0 bridgehead atoms. The molecule has 0 spiro atoms. The van der Waals surface area contributed by atoms with Gasteiger partial charge in [0, 0.05) is 19.4 Å². The molecule has 8 heteroatoms. The Hall–Kier alpha value is -1.67. The number of esters is 1. The van der Waals surface area contributed by atoms with Crippen LogP contribution in [-0.4, -0.2) is 52.9 Å². The molecule has 0 saturated carbocycles. The largest absolute Gasteiger partial charge is 0.481 e. The van der Waals surface area contributed by atoms with Crippen LogP contribution in [0, 0.1) is 0 Å². The van der Waals surface area contributed by atoms with E-state index < -0.39 is 36.1 Å². The number of rotatable bonds is 6. The Morgan fingerprint density at radius 1 is 1.39 bits per heavy atom. The standard InChI is InChI=1S/C10H16N2O6/c11-6(1-2-8(13)14)10(17)18-5-3-7(9(15)16)12-4-5/h5-7,12H,1-4,11H2,(H,13,14)(H,15,16)/t5-,6?,7+/m1/s1. The number of nitrogens with two attached hydrogens (primary N) is 1. The van der Waals surface area contributed by atoms with E-state index in [-0.39, 0.29) is 25.8 Å². The van der Waals surface area contributed by atoms with Crippen LogP contribution in [0.3, 0.4) is 0 Å². The maximum absolute atomic E-state index is 11.5. The van der Waals surface area contributed by atoms with Crippen molar-refractivity contribution in [2.24, 2.45) is 5.73 Å². The Kier molecular flexibility index (Phi) is 5.05. The highest BCUT2D eigenvalue weighted by atomic mass is 16.5. The first-order chi connectivity index (χ1) is 8.40. The second kappa shape index (κ2) is 6.31. The second-order valence-electron chi connectivity index (χ2n) is 4.13. The summed E-state index contributed by atoms with van der Waals surface area (Å²) in [4.78, 5) is 32.4. The number of carbonyl (C=O) groups excluding carboxylic acids is 1. The van der Waals surface area contributed by atoms with Gasteiger partial charge in [-0.1, -0.05) is 0 Å². The number of hydrogen-bond donors (Lipinski definition) is 4. The fourth-order valence-electron chi connectivity index (χ4n) is 1.63. The van der Waals surface area contributed by atoms with Gasteiger partial charge >= 0.3 is 17.9 Å². The Balaban J connectivity index is 2.32. The Labute approximate surface area is 103 Å². The summed E-state index contributed by atoms with van der Waals surface area (Å²) in [5, 5.41) is 19.9. The first kappa shape index (κ1) is 14.4. The molecule has 0 aliphatic carbocycles. The molecule has 102 valence electrons. The van der Waals surface area contributed by atoms with Gasteiger partial charge in [-0.3, -0.25) is 14.4 Å². The predicted octanol–water partition coefficient (Wildman–Crippen LogP) is -1.46. The molecule has 1 rings (SSSR count). The van der Waals surface area contributed by atoms with E-state index in [0.717, 1.165) is 0 Å². The highest BCUT2D eigenvalue weighted by Gasteiger charge is 2.32. The van der Waals surface area contributed by atoms with Crippen molar-refractivity contribution in [3.63, 3.8) is 0 Å². The summed E-state index contributed by atoms with van der Waals surface area (Å²) in [5.74, 6) is -2.73. The zero-order valence-electron chi connectivity index (χ0n) is 9.67. The molecule has 1 saturated heterocycles. The van der Waals surface area contributed by atoms with Gasteiger partial charge in [0.2, 0.25) is 0 Å². The van der Waals surface area contributed by atoms with E-state index in [1.165, 1.54) is 0 Å². The smallest absolute Gasteiger partial charge is 0.323 e. The van der Waals surface area contributed by atoms with E-state index >= 15 is 0 Å². The summed E-state index contributed by atoms with van der Waals surface area (Å²) in [6, 6.07) is -1.72. The molecule has 0 radical (unpaired) electrons. The third kappa shape index (κ3) is 4.30. The summed E-state index contributed by atoms with van der Waals surface area (Å²) >= 11 is 0. The van der Waals surface area contributed by atoms with Crippen LogP contribution in [0.1, 0.15) is 19.3 Å². The molecule has 0 amide bonds. The fraction of sp³-hybridized carbons (Fsp3) is 0.700. The van der Waals surface area contributed by atoms with Gasteiger partial charge in [-0.05, 0) is 6.42 Å². The molecule has 1 unspecified atom stereocenters. The first-order valence-corrected chi connectivity index (χ1v) is 5.54. The Morgan fingerprint density at radius 3 is 2.56 bits per heavy atom. The number of carboxylic acid groups (broad SMARTS) is 2. The number of nitrogens with one attached hydrogen (secondary N) is 1. The summed E-state index contributed by atoms with van der Waals surface area (Å²) in [7, 11) is 0. The van der Waals surface area contributed by atoms with Crippen LogP contribution < -0.4 is 11.1 Å². The van der Waals surface area contributed by atoms with Crippen molar-refractivity contribution >= 4 is 17.9 Å². The highest BCUT2D eigenvalue weighted by Crippen LogP contribution is 2.12. The molecule has 1 aliphatic heterocycles. The molecular formula is C10H16N2O6. The van der Waals surface area contributed by atoms with E-state index in [2.05, 4.69) is 5.32 Å². The Morgan fingerprint density at radius 2 is 2.06 bits per heavy atom. The van der Waals surface area contributed by atoms with Gasteiger partial charge in [0.25, 0.3) is 0 Å². The molecule has 18 heavy (non-hydrogen) atoms. The molecule has 1 heterocycles. The number of aliphatic carboxylic acids is 2. The van der Waals surface area contributed by atoms with E-state index in [1.54, 1.807) is 0 Å². The second-order valence-corrected chi connectivity index (χ2v) is 4.13. The van der Waals surface area contributed by atoms with Crippen molar-refractivity contribution in [2.45, 2.75) is 37.5 Å². The lowest BCUT2D eigenvalue weighted by Crippen LogP contribution is -2.36. The van der Waals surface area contributed by atoms with Crippen LogP contribution >= 0.6 is 0 Å². The van der Waals surface area contributed by atoms with Gasteiger partial charge in [-0.15, -0.1) is 0 Å². The lowest BCUT2D eigenvalue weighted by molar-refractivity contribution is -0.151. The lowest BCUT2D eigenvalue weighted by atomic mass is 10.1.